The van der Waals surface area contributed by atoms with Gasteiger partial charge in [0, 0.05) is 10.0 Å². The quantitative estimate of drug-likeness (QED) is 0.900. The summed E-state index contributed by atoms with van der Waals surface area (Å²) in [6, 6.07) is 13.2. The van der Waals surface area contributed by atoms with Gasteiger partial charge in [0.25, 0.3) is 0 Å². The second-order valence-corrected chi connectivity index (χ2v) is 5.82. The molecule has 0 saturated carbocycles. The molecule has 0 saturated heterocycles. The van der Waals surface area contributed by atoms with Crippen molar-refractivity contribution in [2.75, 3.05) is 0 Å². The number of aliphatic hydroxyl groups excluding tert-OH is 1. The average molecular weight is 346 g/mol. The Hall–Kier alpha value is -1.83. The molecule has 0 bridgehead atoms. The predicted octanol–water partition coefficient (Wildman–Crippen LogP) is 4.26. The van der Waals surface area contributed by atoms with Crippen molar-refractivity contribution in [2.45, 2.75) is 26.6 Å². The van der Waals surface area contributed by atoms with E-state index in [2.05, 4.69) is 22.0 Å². The number of rotatable bonds is 4. The maximum atomic E-state index is 9.81. The summed E-state index contributed by atoms with van der Waals surface area (Å²) in [7, 11) is 0. The van der Waals surface area contributed by atoms with Crippen molar-refractivity contribution in [3.8, 4) is 11.8 Å². The Kier molecular flexibility index (Phi) is 5.00. The van der Waals surface area contributed by atoms with Crippen molar-refractivity contribution in [1.82, 2.24) is 0 Å². The molecule has 2 rings (SSSR count). The minimum Gasteiger partial charge on any atom is -0.489 e. The predicted molar refractivity (Wildman–Crippen MR) is 85.0 cm³/mol. The van der Waals surface area contributed by atoms with Gasteiger partial charge in [-0.3, -0.25) is 0 Å². The monoisotopic (exact) mass is 345 g/mol. The highest BCUT2D eigenvalue weighted by atomic mass is 79.9. The van der Waals surface area contributed by atoms with Crippen molar-refractivity contribution >= 4 is 15.9 Å². The van der Waals surface area contributed by atoms with Gasteiger partial charge in [0.1, 0.15) is 12.4 Å². The third kappa shape index (κ3) is 3.84. The molecule has 1 N–H and O–H groups in total. The van der Waals surface area contributed by atoms with Crippen LogP contribution in [0.15, 0.2) is 40.9 Å². The molecule has 108 valence electrons. The zero-order chi connectivity index (χ0) is 15.4. The third-order valence-electron chi connectivity index (χ3n) is 3.28. The van der Waals surface area contributed by atoms with Crippen molar-refractivity contribution in [3.05, 3.63) is 63.1 Å². The van der Waals surface area contributed by atoms with Crippen molar-refractivity contribution < 1.29 is 9.84 Å². The third-order valence-corrected chi connectivity index (χ3v) is 3.77. The normalized spacial score (nSPS) is 11.8. The van der Waals surface area contributed by atoms with E-state index >= 15 is 0 Å². The maximum absolute atomic E-state index is 9.81. The van der Waals surface area contributed by atoms with Crippen molar-refractivity contribution in [3.63, 3.8) is 0 Å². The summed E-state index contributed by atoms with van der Waals surface area (Å²) >= 11 is 3.39. The van der Waals surface area contributed by atoms with Gasteiger partial charge in [0.05, 0.1) is 17.7 Å². The summed E-state index contributed by atoms with van der Waals surface area (Å²) in [5.41, 5.74) is 3.43. The van der Waals surface area contributed by atoms with E-state index in [1.807, 2.05) is 37.3 Å². The highest BCUT2D eigenvalue weighted by Gasteiger charge is 2.10. The summed E-state index contributed by atoms with van der Waals surface area (Å²) in [6.45, 7) is 4.07. The number of hydrogen-bond acceptors (Lipinski definition) is 3. The summed E-state index contributed by atoms with van der Waals surface area (Å²) in [6.07, 6.45) is -0.598. The molecule has 2 aromatic carbocycles. The Morgan fingerprint density at radius 3 is 2.67 bits per heavy atom. The summed E-state index contributed by atoms with van der Waals surface area (Å²) in [5.74, 6) is 0.664. The van der Waals surface area contributed by atoms with Crippen LogP contribution in [0.25, 0.3) is 0 Å². The van der Waals surface area contributed by atoms with E-state index in [0.29, 0.717) is 17.9 Å². The van der Waals surface area contributed by atoms with Crippen LogP contribution in [-0.2, 0) is 6.61 Å². The number of aryl methyl sites for hydroxylation is 1. The highest BCUT2D eigenvalue weighted by molar-refractivity contribution is 9.10. The number of nitrogens with zero attached hydrogens (tertiary/aromatic N) is 1. The molecule has 0 unspecified atom stereocenters. The second-order valence-electron chi connectivity index (χ2n) is 4.90. The Labute approximate surface area is 132 Å². The molecule has 0 aliphatic rings. The molecule has 0 radical (unpaired) electrons. The summed E-state index contributed by atoms with van der Waals surface area (Å²) < 4.78 is 6.73. The molecule has 3 nitrogen and oxygen atoms in total. The standard InChI is InChI=1S/C17H16BrNO2/c1-11-7-13(9-19)3-4-14(11)10-21-17-6-5-15(18)8-16(17)12(2)20/h3-8,12,20H,10H2,1-2H3/t12-/m1/s1. The van der Waals surface area contributed by atoms with Crippen molar-refractivity contribution in [2.24, 2.45) is 0 Å². The molecule has 0 aliphatic heterocycles. The molecule has 0 spiro atoms. The van der Waals surface area contributed by atoms with Gasteiger partial charge in [0.2, 0.25) is 0 Å². The van der Waals surface area contributed by atoms with Gasteiger partial charge in [0.15, 0.2) is 0 Å². The minimum atomic E-state index is -0.598. The summed E-state index contributed by atoms with van der Waals surface area (Å²) in [4.78, 5) is 0. The first-order chi connectivity index (χ1) is 10.0. The lowest BCUT2D eigenvalue weighted by Crippen LogP contribution is -2.02. The SMILES string of the molecule is Cc1cc(C#N)ccc1COc1ccc(Br)cc1[C@@H](C)O. The van der Waals surface area contributed by atoms with E-state index < -0.39 is 6.10 Å². The lowest BCUT2D eigenvalue weighted by Gasteiger charge is -2.15. The Morgan fingerprint density at radius 2 is 2.05 bits per heavy atom. The molecule has 2 aromatic rings. The first-order valence-corrected chi connectivity index (χ1v) is 7.40. The molecule has 4 heteroatoms. The molecule has 0 amide bonds. The fourth-order valence-electron chi connectivity index (χ4n) is 2.06. The number of benzene rings is 2. The number of hydrogen-bond donors (Lipinski definition) is 1. The number of halogens is 1. The fraction of sp³-hybridized carbons (Fsp3) is 0.235. The van der Waals surface area contributed by atoms with Gasteiger partial charge in [-0.2, -0.15) is 5.26 Å². The highest BCUT2D eigenvalue weighted by Crippen LogP contribution is 2.29. The first kappa shape index (κ1) is 15.6. The summed E-state index contributed by atoms with van der Waals surface area (Å²) in [5, 5.41) is 18.7. The Morgan fingerprint density at radius 1 is 1.29 bits per heavy atom. The molecule has 0 aliphatic carbocycles. The van der Waals surface area contributed by atoms with Crippen molar-refractivity contribution in [1.29, 1.82) is 5.26 Å². The maximum Gasteiger partial charge on any atom is 0.125 e. The Bertz CT molecular complexity index is 690. The topological polar surface area (TPSA) is 53.2 Å². The van der Waals surface area contributed by atoms with Crippen LogP contribution in [0.1, 0.15) is 35.3 Å². The van der Waals surface area contributed by atoms with Gasteiger partial charge in [-0.05, 0) is 55.3 Å². The van der Waals surface area contributed by atoms with Crippen LogP contribution in [0, 0.1) is 18.3 Å². The van der Waals surface area contributed by atoms with Gasteiger partial charge in [-0.15, -0.1) is 0 Å². The second kappa shape index (κ2) is 6.75. The lowest BCUT2D eigenvalue weighted by molar-refractivity contribution is 0.190. The molecule has 21 heavy (non-hydrogen) atoms. The van der Waals surface area contributed by atoms with E-state index in [9.17, 15) is 5.11 Å². The molecular formula is C17H16BrNO2. The minimum absolute atomic E-state index is 0.402. The van der Waals surface area contributed by atoms with Crippen LogP contribution in [0.2, 0.25) is 0 Å². The van der Waals surface area contributed by atoms with Crippen LogP contribution in [0.4, 0.5) is 0 Å². The van der Waals surface area contributed by atoms with E-state index in [4.69, 9.17) is 10.00 Å². The van der Waals surface area contributed by atoms with Crippen LogP contribution in [0.3, 0.4) is 0 Å². The number of aliphatic hydroxyl groups is 1. The van der Waals surface area contributed by atoms with Gasteiger partial charge in [-0.25, -0.2) is 0 Å². The van der Waals surface area contributed by atoms with Crippen LogP contribution in [-0.4, -0.2) is 5.11 Å². The number of nitriles is 1. The average Bonchev–Trinajstić information content (AvgIpc) is 2.46. The van der Waals surface area contributed by atoms with Crippen LogP contribution in [0.5, 0.6) is 5.75 Å². The largest absolute Gasteiger partial charge is 0.489 e. The van der Waals surface area contributed by atoms with E-state index in [1.54, 1.807) is 13.0 Å². The van der Waals surface area contributed by atoms with E-state index in [1.165, 1.54) is 0 Å². The molecule has 1 atom stereocenters. The lowest BCUT2D eigenvalue weighted by atomic mass is 10.1. The Balaban J connectivity index is 2.19. The van der Waals surface area contributed by atoms with Gasteiger partial charge in [-0.1, -0.05) is 22.0 Å². The van der Waals surface area contributed by atoms with E-state index in [0.717, 1.165) is 21.2 Å². The first-order valence-electron chi connectivity index (χ1n) is 6.61. The van der Waals surface area contributed by atoms with Crippen LogP contribution < -0.4 is 4.74 Å². The smallest absolute Gasteiger partial charge is 0.125 e. The van der Waals surface area contributed by atoms with Gasteiger partial charge < -0.3 is 9.84 Å². The zero-order valence-electron chi connectivity index (χ0n) is 11.9. The molecule has 0 heterocycles. The zero-order valence-corrected chi connectivity index (χ0v) is 13.5. The number of ether oxygens (including phenoxy) is 1. The molecular weight excluding hydrogens is 330 g/mol. The van der Waals surface area contributed by atoms with Crippen LogP contribution >= 0.6 is 15.9 Å². The van der Waals surface area contributed by atoms with E-state index in [-0.39, 0.29) is 0 Å². The molecule has 0 aromatic heterocycles. The van der Waals surface area contributed by atoms with Gasteiger partial charge >= 0.3 is 0 Å². The fourth-order valence-corrected chi connectivity index (χ4v) is 2.44. The molecule has 0 fully saturated rings.